The fourth-order valence-electron chi connectivity index (χ4n) is 4.48. The zero-order chi connectivity index (χ0) is 24.7. The van der Waals surface area contributed by atoms with Crippen molar-refractivity contribution in [3.8, 4) is 0 Å². The molecular formula is C24H27FN6O4. The summed E-state index contributed by atoms with van der Waals surface area (Å²) in [5.41, 5.74) is 1.42. The predicted octanol–water partition coefficient (Wildman–Crippen LogP) is 2.89. The number of morpholine rings is 1. The molecule has 5 rings (SSSR count). The second-order valence-corrected chi connectivity index (χ2v) is 9.43. The van der Waals surface area contributed by atoms with Crippen LogP contribution in [-0.2, 0) is 9.53 Å². The highest BCUT2D eigenvalue weighted by Crippen LogP contribution is 2.33. The Morgan fingerprint density at radius 1 is 1.26 bits per heavy atom. The first-order valence-corrected chi connectivity index (χ1v) is 11.5. The minimum atomic E-state index is -0.430. The zero-order valence-corrected chi connectivity index (χ0v) is 19.7. The molecular weight excluding hydrogens is 455 g/mol. The first kappa shape index (κ1) is 23.0. The quantitative estimate of drug-likeness (QED) is 0.511. The largest absolute Gasteiger partial charge is 0.459 e. The molecule has 35 heavy (non-hydrogen) atoms. The van der Waals surface area contributed by atoms with Crippen LogP contribution in [0.1, 0.15) is 31.2 Å². The summed E-state index contributed by atoms with van der Waals surface area (Å²) in [5, 5.41) is 9.20. The molecule has 0 radical (unpaired) electrons. The number of urea groups is 1. The number of nitrogens with one attached hydrogen (secondary N) is 3. The van der Waals surface area contributed by atoms with Gasteiger partial charge in [-0.2, -0.15) is 0 Å². The average molecular weight is 483 g/mol. The number of benzene rings is 1. The summed E-state index contributed by atoms with van der Waals surface area (Å²) in [7, 11) is 0. The fraction of sp³-hybridized carbons (Fsp3) is 0.417. The van der Waals surface area contributed by atoms with Crippen molar-refractivity contribution in [2.45, 2.75) is 32.4 Å². The van der Waals surface area contributed by atoms with Crippen molar-refractivity contribution < 1.29 is 23.1 Å². The van der Waals surface area contributed by atoms with Crippen molar-refractivity contribution in [3.63, 3.8) is 0 Å². The first-order valence-electron chi connectivity index (χ1n) is 11.5. The molecule has 10 nitrogen and oxygen atoms in total. The van der Waals surface area contributed by atoms with E-state index in [1.165, 1.54) is 24.5 Å². The highest BCUT2D eigenvalue weighted by molar-refractivity contribution is 5.89. The minimum absolute atomic E-state index is 0.0222. The van der Waals surface area contributed by atoms with E-state index < -0.39 is 12.1 Å². The molecule has 3 amide bonds. The maximum atomic E-state index is 13.7. The van der Waals surface area contributed by atoms with Gasteiger partial charge in [0, 0.05) is 10.9 Å². The van der Waals surface area contributed by atoms with Gasteiger partial charge < -0.3 is 30.0 Å². The Hall–Kier alpha value is -3.73. The van der Waals surface area contributed by atoms with Gasteiger partial charge in [-0.15, -0.1) is 0 Å². The van der Waals surface area contributed by atoms with E-state index in [4.69, 9.17) is 9.15 Å². The number of halogens is 1. The number of aromatic nitrogens is 2. The number of anilines is 2. The van der Waals surface area contributed by atoms with Gasteiger partial charge in [0.2, 0.25) is 11.9 Å². The normalized spacial score (nSPS) is 17.9. The van der Waals surface area contributed by atoms with Gasteiger partial charge in [0.15, 0.2) is 0 Å². The third-order valence-electron chi connectivity index (χ3n) is 6.42. The lowest BCUT2D eigenvalue weighted by Crippen LogP contribution is -2.71. The van der Waals surface area contributed by atoms with Crippen LogP contribution in [-0.4, -0.2) is 53.7 Å². The molecule has 2 saturated heterocycles. The Kier molecular flexibility index (Phi) is 5.79. The van der Waals surface area contributed by atoms with Crippen molar-refractivity contribution in [3.05, 3.63) is 47.7 Å². The summed E-state index contributed by atoms with van der Waals surface area (Å²) in [6.45, 7) is 7.49. The second kappa shape index (κ2) is 8.81. The van der Waals surface area contributed by atoms with Gasteiger partial charge in [-0.1, -0.05) is 13.8 Å². The molecule has 2 aromatic heterocycles. The van der Waals surface area contributed by atoms with Crippen LogP contribution in [0.3, 0.4) is 0 Å². The number of nitrogens with zero attached hydrogens (tertiary/aromatic N) is 3. The van der Waals surface area contributed by atoms with Crippen molar-refractivity contribution in [2.24, 2.45) is 5.92 Å². The number of rotatable bonds is 5. The molecule has 1 atom stereocenters. The number of furan rings is 1. The Morgan fingerprint density at radius 3 is 2.66 bits per heavy atom. The van der Waals surface area contributed by atoms with E-state index in [1.54, 1.807) is 6.07 Å². The smallest absolute Gasteiger partial charge is 0.319 e. The van der Waals surface area contributed by atoms with E-state index in [-0.39, 0.29) is 29.9 Å². The van der Waals surface area contributed by atoms with Gasteiger partial charge in [-0.3, -0.25) is 4.79 Å². The zero-order valence-electron chi connectivity index (χ0n) is 19.7. The molecule has 184 valence electrons. The SMILES string of the molecule is Cc1c([C@@H](NC(=O)Nc2cnc(N3CC4(CNC(=O)CO4)C3)nc2)C(C)C)oc2ccc(F)cc12. The van der Waals surface area contributed by atoms with Gasteiger partial charge >= 0.3 is 6.03 Å². The maximum absolute atomic E-state index is 13.7. The molecule has 11 heteroatoms. The number of aryl methyl sites for hydroxylation is 1. The van der Waals surface area contributed by atoms with Crippen LogP contribution in [0.15, 0.2) is 35.0 Å². The van der Waals surface area contributed by atoms with Crippen LogP contribution in [0.2, 0.25) is 0 Å². The number of carbonyl (C=O) groups excluding carboxylic acids is 2. The van der Waals surface area contributed by atoms with Crippen LogP contribution in [0.25, 0.3) is 11.0 Å². The fourth-order valence-corrected chi connectivity index (χ4v) is 4.48. The molecule has 1 spiro atoms. The first-order chi connectivity index (χ1) is 16.7. The topological polar surface area (TPSA) is 122 Å². The van der Waals surface area contributed by atoms with Crippen molar-refractivity contribution in [1.29, 1.82) is 0 Å². The van der Waals surface area contributed by atoms with Crippen molar-refractivity contribution in [1.82, 2.24) is 20.6 Å². The van der Waals surface area contributed by atoms with Crippen molar-refractivity contribution in [2.75, 3.05) is 36.5 Å². The summed E-state index contributed by atoms with van der Waals surface area (Å²) < 4.78 is 25.3. The lowest BCUT2D eigenvalue weighted by atomic mass is 9.93. The summed E-state index contributed by atoms with van der Waals surface area (Å²) in [4.78, 5) is 34.7. The number of hydrogen-bond acceptors (Lipinski definition) is 7. The highest BCUT2D eigenvalue weighted by Gasteiger charge is 2.47. The Labute approximate surface area is 201 Å². The van der Waals surface area contributed by atoms with Crippen LogP contribution >= 0.6 is 0 Å². The van der Waals surface area contributed by atoms with E-state index in [2.05, 4.69) is 25.9 Å². The van der Waals surface area contributed by atoms with E-state index >= 15 is 0 Å². The lowest BCUT2D eigenvalue weighted by molar-refractivity contribution is -0.146. The minimum Gasteiger partial charge on any atom is -0.459 e. The Balaban J connectivity index is 1.22. The summed E-state index contributed by atoms with van der Waals surface area (Å²) in [6.07, 6.45) is 3.08. The van der Waals surface area contributed by atoms with Gasteiger partial charge in [0.05, 0.1) is 43.8 Å². The average Bonchev–Trinajstić information content (AvgIpc) is 3.12. The monoisotopic (exact) mass is 482 g/mol. The third-order valence-corrected chi connectivity index (χ3v) is 6.42. The number of fused-ring (bicyclic) bond motifs is 1. The highest BCUT2D eigenvalue weighted by atomic mass is 19.1. The predicted molar refractivity (Wildman–Crippen MR) is 127 cm³/mol. The maximum Gasteiger partial charge on any atom is 0.319 e. The van der Waals surface area contributed by atoms with Gasteiger partial charge in [-0.05, 0) is 31.0 Å². The van der Waals surface area contributed by atoms with E-state index in [0.717, 1.165) is 5.56 Å². The van der Waals surface area contributed by atoms with E-state index in [1.807, 2.05) is 25.7 Å². The molecule has 3 N–H and O–H groups in total. The molecule has 0 unspecified atom stereocenters. The Morgan fingerprint density at radius 2 is 2.00 bits per heavy atom. The van der Waals surface area contributed by atoms with Crippen LogP contribution in [0.5, 0.6) is 0 Å². The molecule has 4 heterocycles. The Bertz CT molecular complexity index is 1260. The lowest BCUT2D eigenvalue weighted by Gasteiger charge is -2.51. The number of hydrogen-bond donors (Lipinski definition) is 3. The van der Waals surface area contributed by atoms with Gasteiger partial charge in [0.25, 0.3) is 0 Å². The van der Waals surface area contributed by atoms with Crippen molar-refractivity contribution >= 4 is 34.5 Å². The molecule has 1 aromatic carbocycles. The van der Waals surface area contributed by atoms with Crippen LogP contribution in [0, 0.1) is 18.7 Å². The molecule has 2 aliphatic heterocycles. The summed E-state index contributed by atoms with van der Waals surface area (Å²) >= 11 is 0. The molecule has 0 saturated carbocycles. The van der Waals surface area contributed by atoms with E-state index in [9.17, 15) is 14.0 Å². The van der Waals surface area contributed by atoms with Gasteiger partial charge in [-0.25, -0.2) is 19.2 Å². The molecule has 0 aliphatic carbocycles. The summed E-state index contributed by atoms with van der Waals surface area (Å²) in [5.74, 6) is 0.689. The van der Waals surface area contributed by atoms with E-state index in [0.29, 0.717) is 48.0 Å². The van der Waals surface area contributed by atoms with Crippen LogP contribution in [0.4, 0.5) is 20.8 Å². The van der Waals surface area contributed by atoms with Gasteiger partial charge in [0.1, 0.15) is 29.4 Å². The molecule has 2 fully saturated rings. The molecule has 2 aliphatic rings. The number of carbonyl (C=O) groups is 2. The molecule has 0 bridgehead atoms. The standard InChI is InChI=1S/C24H27FN6O4/c1-13(2)20(21-14(3)17-6-15(25)4-5-18(17)35-21)30-23(33)29-16-7-26-22(27-8-16)31-11-24(12-31)10-28-19(32)9-34-24/h4-8,13,20H,9-12H2,1-3H3,(H,28,32)(H2,29,30,33)/t20-/m0/s1. The number of amides is 3. The molecule has 3 aromatic rings. The third kappa shape index (κ3) is 4.51. The number of ether oxygens (including phenoxy) is 1. The summed E-state index contributed by atoms with van der Waals surface area (Å²) in [6, 6.07) is 3.53. The van der Waals surface area contributed by atoms with Crippen LogP contribution < -0.4 is 20.9 Å². The second-order valence-electron chi connectivity index (χ2n) is 9.43.